The number of hydrogen-bond donors (Lipinski definition) is 2. The second kappa shape index (κ2) is 10.4. The molecule has 1 amide bonds. The summed E-state index contributed by atoms with van der Waals surface area (Å²) in [6.45, 7) is 5.38. The molecule has 6 nitrogen and oxygen atoms in total. The van der Waals surface area contributed by atoms with E-state index in [1.807, 2.05) is 24.3 Å². The summed E-state index contributed by atoms with van der Waals surface area (Å²) in [4.78, 5) is 15.1. The Bertz CT molecular complexity index is 1230. The molecule has 2 N–H and O–H groups in total. The Hall–Kier alpha value is -3.23. The molecule has 34 heavy (non-hydrogen) atoms. The maximum absolute atomic E-state index is 13.0. The van der Waals surface area contributed by atoms with Crippen LogP contribution in [-0.2, 0) is 16.6 Å². The van der Waals surface area contributed by atoms with Crippen molar-refractivity contribution < 1.29 is 17.6 Å². The maximum Gasteiger partial charge on any atom is 0.261 e. The van der Waals surface area contributed by atoms with Crippen molar-refractivity contribution in [1.82, 2.24) is 4.90 Å². The van der Waals surface area contributed by atoms with E-state index in [2.05, 4.69) is 21.9 Å². The summed E-state index contributed by atoms with van der Waals surface area (Å²) < 4.78 is 40.5. The Kier molecular flexibility index (Phi) is 7.29. The van der Waals surface area contributed by atoms with Crippen molar-refractivity contribution >= 4 is 27.3 Å². The van der Waals surface area contributed by atoms with E-state index in [-0.39, 0.29) is 16.5 Å². The van der Waals surface area contributed by atoms with Gasteiger partial charge in [-0.3, -0.25) is 14.4 Å². The number of anilines is 2. The second-order valence-electron chi connectivity index (χ2n) is 8.77. The Morgan fingerprint density at radius 3 is 2.26 bits per heavy atom. The highest BCUT2D eigenvalue weighted by Gasteiger charge is 2.17. The van der Waals surface area contributed by atoms with Crippen LogP contribution >= 0.6 is 0 Å². The van der Waals surface area contributed by atoms with Crippen molar-refractivity contribution in [3.63, 3.8) is 0 Å². The first-order valence-corrected chi connectivity index (χ1v) is 12.8. The molecule has 4 rings (SSSR count). The van der Waals surface area contributed by atoms with Crippen LogP contribution in [0.4, 0.5) is 15.8 Å². The van der Waals surface area contributed by atoms with Crippen LogP contribution in [0.15, 0.2) is 77.7 Å². The van der Waals surface area contributed by atoms with Crippen LogP contribution in [0.25, 0.3) is 0 Å². The molecule has 3 aromatic carbocycles. The van der Waals surface area contributed by atoms with Gasteiger partial charge in [-0.15, -0.1) is 0 Å². The molecular formula is C26H28FN3O3S. The molecule has 0 bridgehead atoms. The van der Waals surface area contributed by atoms with Crippen molar-refractivity contribution in [2.24, 2.45) is 5.92 Å². The van der Waals surface area contributed by atoms with E-state index >= 15 is 0 Å². The number of likely N-dealkylation sites (tertiary alicyclic amines) is 1. The predicted molar refractivity (Wildman–Crippen MR) is 132 cm³/mol. The van der Waals surface area contributed by atoms with Gasteiger partial charge in [-0.2, -0.15) is 0 Å². The van der Waals surface area contributed by atoms with Gasteiger partial charge in [0.05, 0.1) is 4.90 Å². The van der Waals surface area contributed by atoms with Gasteiger partial charge in [-0.1, -0.05) is 19.1 Å². The molecule has 1 aliphatic rings. The van der Waals surface area contributed by atoms with Crippen molar-refractivity contribution in [2.45, 2.75) is 31.2 Å². The zero-order valence-electron chi connectivity index (χ0n) is 19.0. The predicted octanol–water partition coefficient (Wildman–Crippen LogP) is 5.11. The molecule has 178 valence electrons. The molecule has 0 aliphatic carbocycles. The highest BCUT2D eigenvalue weighted by atomic mass is 32.2. The van der Waals surface area contributed by atoms with E-state index in [1.54, 1.807) is 0 Å². The summed E-state index contributed by atoms with van der Waals surface area (Å²) >= 11 is 0. The fourth-order valence-corrected chi connectivity index (χ4v) is 5.16. The molecule has 3 aromatic rings. The Morgan fingerprint density at radius 1 is 0.971 bits per heavy atom. The third-order valence-electron chi connectivity index (χ3n) is 5.88. The Morgan fingerprint density at radius 2 is 1.62 bits per heavy atom. The molecule has 0 aromatic heterocycles. The zero-order chi connectivity index (χ0) is 24.1. The standard InChI is InChI=1S/C26H28FN3O3S/c1-19-3-2-16-30(17-19)18-20-4-6-21(7-5-20)26(31)28-23-12-14-25(15-13-23)34(32,33)29-24-10-8-22(27)9-11-24/h4-15,19,29H,2-3,16-18H2,1H3,(H,28,31)/t19-/m0/s1. The lowest BCUT2D eigenvalue weighted by Gasteiger charge is -2.30. The van der Waals surface area contributed by atoms with Gasteiger partial charge in [0, 0.05) is 30.0 Å². The van der Waals surface area contributed by atoms with E-state index in [4.69, 9.17) is 0 Å². The van der Waals surface area contributed by atoms with E-state index in [1.165, 1.54) is 66.9 Å². The molecule has 1 heterocycles. The number of halogens is 1. The monoisotopic (exact) mass is 481 g/mol. The number of nitrogens with zero attached hydrogens (tertiary/aromatic N) is 1. The fourth-order valence-electron chi connectivity index (χ4n) is 4.10. The van der Waals surface area contributed by atoms with Gasteiger partial charge in [-0.05, 0) is 91.5 Å². The Labute approximate surface area is 199 Å². The summed E-state index contributed by atoms with van der Waals surface area (Å²) in [6.07, 6.45) is 2.51. The summed E-state index contributed by atoms with van der Waals surface area (Å²) in [5.41, 5.74) is 2.45. The van der Waals surface area contributed by atoms with E-state index in [0.29, 0.717) is 11.3 Å². The number of sulfonamides is 1. The zero-order valence-corrected chi connectivity index (χ0v) is 19.8. The average Bonchev–Trinajstić information content (AvgIpc) is 2.81. The number of carbonyl (C=O) groups is 1. The van der Waals surface area contributed by atoms with Crippen LogP contribution < -0.4 is 10.0 Å². The van der Waals surface area contributed by atoms with Gasteiger partial charge in [0.1, 0.15) is 5.82 Å². The van der Waals surface area contributed by atoms with Crippen molar-refractivity contribution in [2.75, 3.05) is 23.1 Å². The second-order valence-corrected chi connectivity index (χ2v) is 10.5. The number of rotatable bonds is 7. The highest BCUT2D eigenvalue weighted by molar-refractivity contribution is 7.92. The molecule has 1 fully saturated rings. The summed E-state index contributed by atoms with van der Waals surface area (Å²) in [5.74, 6) is 0.00590. The first-order chi connectivity index (χ1) is 16.3. The first-order valence-electron chi connectivity index (χ1n) is 11.3. The van der Waals surface area contributed by atoms with Gasteiger partial charge in [0.25, 0.3) is 15.9 Å². The topological polar surface area (TPSA) is 78.5 Å². The smallest absolute Gasteiger partial charge is 0.261 e. The molecule has 8 heteroatoms. The summed E-state index contributed by atoms with van der Waals surface area (Å²) in [5, 5.41) is 2.79. The van der Waals surface area contributed by atoms with Gasteiger partial charge < -0.3 is 5.32 Å². The van der Waals surface area contributed by atoms with Crippen LogP contribution in [0.5, 0.6) is 0 Å². The largest absolute Gasteiger partial charge is 0.322 e. The van der Waals surface area contributed by atoms with Crippen LogP contribution in [0.3, 0.4) is 0 Å². The van der Waals surface area contributed by atoms with Crippen molar-refractivity contribution in [3.05, 3.63) is 89.7 Å². The lowest BCUT2D eigenvalue weighted by atomic mass is 9.99. The van der Waals surface area contributed by atoms with Crippen LogP contribution in [0.2, 0.25) is 0 Å². The number of nitrogens with one attached hydrogen (secondary N) is 2. The fraction of sp³-hybridized carbons (Fsp3) is 0.269. The minimum atomic E-state index is -3.83. The SMILES string of the molecule is C[C@H]1CCCN(Cc2ccc(C(=O)Nc3ccc(S(=O)(=O)Nc4ccc(F)cc4)cc3)cc2)C1. The minimum absolute atomic E-state index is 0.0335. The molecule has 0 radical (unpaired) electrons. The third-order valence-corrected chi connectivity index (χ3v) is 7.28. The van der Waals surface area contributed by atoms with Crippen LogP contribution in [-0.4, -0.2) is 32.3 Å². The van der Waals surface area contributed by atoms with Crippen LogP contribution in [0.1, 0.15) is 35.7 Å². The summed E-state index contributed by atoms with van der Waals surface area (Å²) in [6, 6.07) is 18.5. The number of carbonyl (C=O) groups excluding carboxylic acids is 1. The van der Waals surface area contributed by atoms with E-state index < -0.39 is 15.8 Å². The van der Waals surface area contributed by atoms with Gasteiger partial charge in [0.15, 0.2) is 0 Å². The maximum atomic E-state index is 13.0. The molecule has 0 unspecified atom stereocenters. The number of benzene rings is 3. The quantitative estimate of drug-likeness (QED) is 0.492. The molecule has 0 spiro atoms. The van der Waals surface area contributed by atoms with Crippen molar-refractivity contribution in [3.8, 4) is 0 Å². The molecule has 1 atom stereocenters. The van der Waals surface area contributed by atoms with Gasteiger partial charge in [-0.25, -0.2) is 12.8 Å². The lowest BCUT2D eigenvalue weighted by Crippen LogP contribution is -2.33. The number of hydrogen-bond acceptors (Lipinski definition) is 4. The van der Waals surface area contributed by atoms with Gasteiger partial charge >= 0.3 is 0 Å². The lowest BCUT2D eigenvalue weighted by molar-refractivity contribution is 0.102. The normalized spacial score (nSPS) is 16.7. The molecular weight excluding hydrogens is 453 g/mol. The van der Waals surface area contributed by atoms with Crippen molar-refractivity contribution in [1.29, 1.82) is 0 Å². The third kappa shape index (κ3) is 6.21. The van der Waals surface area contributed by atoms with Gasteiger partial charge in [0.2, 0.25) is 0 Å². The minimum Gasteiger partial charge on any atom is -0.322 e. The molecule has 1 aliphatic heterocycles. The molecule has 1 saturated heterocycles. The number of amides is 1. The molecule has 0 saturated carbocycles. The summed E-state index contributed by atoms with van der Waals surface area (Å²) in [7, 11) is -3.83. The average molecular weight is 482 g/mol. The Balaban J connectivity index is 1.35. The highest BCUT2D eigenvalue weighted by Crippen LogP contribution is 2.20. The van der Waals surface area contributed by atoms with E-state index in [9.17, 15) is 17.6 Å². The van der Waals surface area contributed by atoms with E-state index in [0.717, 1.165) is 25.6 Å². The van der Waals surface area contributed by atoms with Crippen LogP contribution in [0, 0.1) is 11.7 Å². The number of piperidine rings is 1. The first kappa shape index (κ1) is 23.9.